The summed E-state index contributed by atoms with van der Waals surface area (Å²) in [5.41, 5.74) is 1.61. The largest absolute Gasteiger partial charge is 0.374 e. The molecule has 35 heavy (non-hydrogen) atoms. The van der Waals surface area contributed by atoms with Crippen LogP contribution < -0.4 is 14.9 Å². The zero-order valence-corrected chi connectivity index (χ0v) is 21.2. The number of benzene rings is 2. The highest BCUT2D eigenvalue weighted by Crippen LogP contribution is 2.26. The summed E-state index contributed by atoms with van der Waals surface area (Å²) in [6, 6.07) is 12.9. The van der Waals surface area contributed by atoms with Gasteiger partial charge >= 0.3 is 0 Å². The first kappa shape index (κ1) is 25.0. The second-order valence-electron chi connectivity index (χ2n) is 8.00. The number of sulfonamides is 1. The van der Waals surface area contributed by atoms with Crippen LogP contribution in [0.1, 0.15) is 6.92 Å². The average Bonchev–Trinajstić information content (AvgIpc) is 2.86. The van der Waals surface area contributed by atoms with E-state index in [0.29, 0.717) is 36.2 Å². The Labute approximate surface area is 214 Å². The van der Waals surface area contributed by atoms with Gasteiger partial charge < -0.3 is 15.1 Å². The van der Waals surface area contributed by atoms with Gasteiger partial charge in [0.2, 0.25) is 5.91 Å². The number of anilines is 3. The van der Waals surface area contributed by atoms with Crippen LogP contribution in [-0.2, 0) is 14.8 Å². The number of hydrogen-bond acceptors (Lipinski definition) is 7. The normalized spacial score (nSPS) is 14.9. The van der Waals surface area contributed by atoms with Crippen LogP contribution in [0.15, 0.2) is 66.0 Å². The van der Waals surface area contributed by atoms with E-state index in [0.717, 1.165) is 11.4 Å². The number of nitrogens with one attached hydrogen (secondary N) is 2. The van der Waals surface area contributed by atoms with Gasteiger partial charge in [0.05, 0.1) is 14.9 Å². The lowest BCUT2D eigenvalue weighted by molar-refractivity contribution is -0.131. The molecule has 4 rings (SSSR count). The molecule has 0 saturated carbocycles. The molecule has 1 fully saturated rings. The highest BCUT2D eigenvalue weighted by Gasteiger charge is 2.25. The Kier molecular flexibility index (Phi) is 7.63. The smallest absolute Gasteiger partial charge is 0.263 e. The van der Waals surface area contributed by atoms with E-state index >= 15 is 0 Å². The maximum atomic E-state index is 12.9. The molecule has 2 N–H and O–H groups in total. The molecule has 3 aromatic rings. The standard InChI is InChI=1S/C23H24Cl2N6O3S/c1-16(28-17-2-7-20(24)21(25)14-17)23(32)31-12-10-30(11-13-31)18-3-5-19(6-4-18)35(33,34)29-22-8-9-26-15-27-22/h2-9,14-16,28H,10-13H2,1H3,(H,26,27,29). The predicted octanol–water partition coefficient (Wildman–Crippen LogP) is 3.73. The summed E-state index contributed by atoms with van der Waals surface area (Å²) in [6.45, 7) is 4.20. The lowest BCUT2D eigenvalue weighted by atomic mass is 10.2. The van der Waals surface area contributed by atoms with Crippen LogP contribution in [0, 0.1) is 0 Å². The molecule has 1 atom stereocenters. The van der Waals surface area contributed by atoms with Gasteiger partial charge in [-0.3, -0.25) is 9.52 Å². The molecule has 184 valence electrons. The molecule has 12 heteroatoms. The summed E-state index contributed by atoms with van der Waals surface area (Å²) < 4.78 is 27.6. The second-order valence-corrected chi connectivity index (χ2v) is 10.5. The molecule has 2 heterocycles. The van der Waals surface area contributed by atoms with Gasteiger partial charge in [-0.05, 0) is 55.5 Å². The van der Waals surface area contributed by atoms with Gasteiger partial charge in [-0.15, -0.1) is 0 Å². The van der Waals surface area contributed by atoms with Crippen LogP contribution in [0.2, 0.25) is 10.0 Å². The Morgan fingerprint density at radius 3 is 2.34 bits per heavy atom. The van der Waals surface area contributed by atoms with E-state index in [1.807, 2.05) is 11.8 Å². The molecule has 1 aliphatic rings. The molecule has 0 radical (unpaired) electrons. The van der Waals surface area contributed by atoms with Gasteiger partial charge in [-0.25, -0.2) is 18.4 Å². The minimum atomic E-state index is -3.76. The number of carbonyl (C=O) groups is 1. The number of halogens is 2. The highest BCUT2D eigenvalue weighted by molar-refractivity contribution is 7.92. The topological polar surface area (TPSA) is 108 Å². The summed E-state index contributed by atoms with van der Waals surface area (Å²) in [4.78, 5) is 24.6. The third-order valence-corrected chi connectivity index (χ3v) is 7.71. The maximum absolute atomic E-state index is 12.9. The number of nitrogens with zero attached hydrogens (tertiary/aromatic N) is 4. The summed E-state index contributed by atoms with van der Waals surface area (Å²) >= 11 is 12.0. The molecule has 1 saturated heterocycles. The summed E-state index contributed by atoms with van der Waals surface area (Å²) in [5.74, 6) is 0.195. The summed E-state index contributed by atoms with van der Waals surface area (Å²) in [7, 11) is -3.76. The Balaban J connectivity index is 1.32. The first-order valence-corrected chi connectivity index (χ1v) is 13.1. The van der Waals surface area contributed by atoms with Crippen LogP contribution in [0.25, 0.3) is 0 Å². The zero-order chi connectivity index (χ0) is 25.0. The first-order valence-electron chi connectivity index (χ1n) is 10.9. The fourth-order valence-electron chi connectivity index (χ4n) is 3.74. The Morgan fingerprint density at radius 2 is 1.71 bits per heavy atom. The third-order valence-electron chi connectivity index (χ3n) is 5.60. The van der Waals surface area contributed by atoms with Crippen molar-refractivity contribution in [1.82, 2.24) is 14.9 Å². The van der Waals surface area contributed by atoms with Crippen LogP contribution in [0.4, 0.5) is 17.2 Å². The number of carbonyl (C=O) groups excluding carboxylic acids is 1. The fraction of sp³-hybridized carbons (Fsp3) is 0.261. The Morgan fingerprint density at radius 1 is 1.00 bits per heavy atom. The van der Waals surface area contributed by atoms with Gasteiger partial charge in [0.15, 0.2) is 0 Å². The number of hydrogen-bond donors (Lipinski definition) is 2. The molecule has 0 bridgehead atoms. The van der Waals surface area contributed by atoms with Crippen LogP contribution >= 0.6 is 23.2 Å². The summed E-state index contributed by atoms with van der Waals surface area (Å²) in [5, 5.41) is 4.05. The molecular formula is C23H24Cl2N6O3S. The van der Waals surface area contributed by atoms with E-state index in [2.05, 4.69) is 24.9 Å². The molecule has 2 aromatic carbocycles. The zero-order valence-electron chi connectivity index (χ0n) is 18.9. The molecule has 0 spiro atoms. The van der Waals surface area contributed by atoms with Crippen molar-refractivity contribution in [2.45, 2.75) is 17.9 Å². The quantitative estimate of drug-likeness (QED) is 0.475. The second kappa shape index (κ2) is 10.7. The van der Waals surface area contributed by atoms with E-state index < -0.39 is 16.1 Å². The SMILES string of the molecule is CC(Nc1ccc(Cl)c(Cl)c1)C(=O)N1CCN(c2ccc(S(=O)(=O)Nc3ccncn3)cc2)CC1. The molecule has 9 nitrogen and oxygen atoms in total. The molecule has 1 aromatic heterocycles. The van der Waals surface area contributed by atoms with Gasteiger partial charge in [-0.2, -0.15) is 0 Å². The maximum Gasteiger partial charge on any atom is 0.263 e. The van der Waals surface area contributed by atoms with E-state index in [-0.39, 0.29) is 16.6 Å². The third kappa shape index (κ3) is 6.14. The van der Waals surface area contributed by atoms with Gasteiger partial charge in [-0.1, -0.05) is 23.2 Å². The van der Waals surface area contributed by atoms with Crippen molar-refractivity contribution in [2.75, 3.05) is 41.1 Å². The Hall–Kier alpha value is -3.08. The molecule has 0 aliphatic carbocycles. The lowest BCUT2D eigenvalue weighted by Crippen LogP contribution is -2.52. The van der Waals surface area contributed by atoms with Crippen molar-refractivity contribution in [3.8, 4) is 0 Å². The molecular weight excluding hydrogens is 511 g/mol. The van der Waals surface area contributed by atoms with Gasteiger partial charge in [0.1, 0.15) is 18.2 Å². The number of aromatic nitrogens is 2. The fourth-order valence-corrected chi connectivity index (χ4v) is 5.05. The van der Waals surface area contributed by atoms with Crippen LogP contribution in [-0.4, -0.2) is 61.4 Å². The van der Waals surface area contributed by atoms with Crippen molar-refractivity contribution in [3.63, 3.8) is 0 Å². The minimum Gasteiger partial charge on any atom is -0.374 e. The van der Waals surface area contributed by atoms with Crippen molar-refractivity contribution < 1.29 is 13.2 Å². The van der Waals surface area contributed by atoms with E-state index in [4.69, 9.17) is 23.2 Å². The van der Waals surface area contributed by atoms with Gasteiger partial charge in [0.25, 0.3) is 10.0 Å². The van der Waals surface area contributed by atoms with Crippen molar-refractivity contribution in [3.05, 3.63) is 71.1 Å². The number of amides is 1. The van der Waals surface area contributed by atoms with Crippen LogP contribution in [0.3, 0.4) is 0 Å². The first-order chi connectivity index (χ1) is 16.7. The molecule has 1 unspecified atom stereocenters. The van der Waals surface area contributed by atoms with Crippen molar-refractivity contribution in [2.24, 2.45) is 0 Å². The summed E-state index contributed by atoms with van der Waals surface area (Å²) in [6.07, 6.45) is 2.73. The predicted molar refractivity (Wildman–Crippen MR) is 138 cm³/mol. The van der Waals surface area contributed by atoms with E-state index in [1.165, 1.54) is 18.6 Å². The Bertz CT molecular complexity index is 1280. The number of piperazine rings is 1. The highest BCUT2D eigenvalue weighted by atomic mass is 35.5. The van der Waals surface area contributed by atoms with E-state index in [1.54, 1.807) is 42.5 Å². The minimum absolute atomic E-state index is 0.00652. The van der Waals surface area contributed by atoms with Gasteiger partial charge in [0, 0.05) is 43.8 Å². The van der Waals surface area contributed by atoms with Crippen LogP contribution in [0.5, 0.6) is 0 Å². The van der Waals surface area contributed by atoms with Crippen molar-refractivity contribution in [1.29, 1.82) is 0 Å². The van der Waals surface area contributed by atoms with Crippen molar-refractivity contribution >= 4 is 56.3 Å². The lowest BCUT2D eigenvalue weighted by Gasteiger charge is -2.37. The monoisotopic (exact) mass is 534 g/mol. The van der Waals surface area contributed by atoms with E-state index in [9.17, 15) is 13.2 Å². The molecule has 1 aliphatic heterocycles. The molecule has 1 amide bonds. The average molecular weight is 535 g/mol. The number of rotatable bonds is 7.